The summed E-state index contributed by atoms with van der Waals surface area (Å²) < 4.78 is 30.6. The van der Waals surface area contributed by atoms with Gasteiger partial charge in [0.15, 0.2) is 0 Å². The van der Waals surface area contributed by atoms with Gasteiger partial charge in [-0.1, -0.05) is 0 Å². The Morgan fingerprint density at radius 3 is 2.52 bits per heavy atom. The molecule has 0 aliphatic carbocycles. The maximum Gasteiger partial charge on any atom is 0.224 e. The molecule has 0 saturated carbocycles. The van der Waals surface area contributed by atoms with E-state index < -0.39 is 10.0 Å². The van der Waals surface area contributed by atoms with E-state index in [1.54, 1.807) is 9.80 Å². The monoisotopic (exact) mass is 347 g/mol. The molecule has 2 saturated heterocycles. The van der Waals surface area contributed by atoms with Crippen LogP contribution in [-0.4, -0.2) is 93.1 Å². The Morgan fingerprint density at radius 1 is 1.30 bits per heavy atom. The summed E-state index contributed by atoms with van der Waals surface area (Å²) >= 11 is 0. The quantitative estimate of drug-likeness (QED) is 0.558. The van der Waals surface area contributed by atoms with E-state index in [4.69, 9.17) is 4.74 Å². The van der Waals surface area contributed by atoms with E-state index in [2.05, 4.69) is 0 Å². The van der Waals surface area contributed by atoms with Crippen molar-refractivity contribution < 1.29 is 22.7 Å². The molecule has 23 heavy (non-hydrogen) atoms. The third kappa shape index (κ3) is 5.43. The molecule has 1 atom stereocenters. The summed E-state index contributed by atoms with van der Waals surface area (Å²) in [6, 6.07) is 0. The van der Waals surface area contributed by atoms with E-state index in [1.165, 1.54) is 4.31 Å². The lowest BCUT2D eigenvalue weighted by Gasteiger charge is -2.33. The molecule has 0 aromatic carbocycles. The Balaban J connectivity index is 1.83. The van der Waals surface area contributed by atoms with Gasteiger partial charge in [0.1, 0.15) is 0 Å². The molecule has 2 rings (SSSR count). The highest BCUT2D eigenvalue weighted by atomic mass is 32.2. The number of sulfonamides is 1. The lowest BCUT2D eigenvalue weighted by Crippen LogP contribution is -2.49. The van der Waals surface area contributed by atoms with Crippen LogP contribution in [0.15, 0.2) is 0 Å². The van der Waals surface area contributed by atoms with E-state index in [0.717, 1.165) is 25.5 Å². The summed E-state index contributed by atoms with van der Waals surface area (Å²) in [5.41, 5.74) is 0. The molecule has 9 heteroatoms. The highest BCUT2D eigenvalue weighted by Gasteiger charge is 2.26. The molecule has 2 aliphatic heterocycles. The summed E-state index contributed by atoms with van der Waals surface area (Å²) in [4.78, 5) is 26.2. The Morgan fingerprint density at radius 2 is 2.00 bits per heavy atom. The molecule has 1 unspecified atom stereocenters. The molecule has 2 fully saturated rings. The molecular formula is C14H25N3O5S. The maximum atomic E-state index is 12.2. The summed E-state index contributed by atoms with van der Waals surface area (Å²) in [7, 11) is -3.36. The van der Waals surface area contributed by atoms with Gasteiger partial charge < -0.3 is 14.5 Å². The standard InChI is InChI=1S/C14H25N3O5S/c1-23(20,21)17(11-13-3-2-10-22-13)5-4-14(19)16-8-6-15(12-18)7-9-16/h12-13H,2-11H2,1H3. The maximum absolute atomic E-state index is 12.2. The van der Waals surface area contributed by atoms with Crippen molar-refractivity contribution in [2.24, 2.45) is 0 Å². The number of nitrogens with zero attached hydrogens (tertiary/aromatic N) is 3. The Labute approximate surface area is 137 Å². The fourth-order valence-electron chi connectivity index (χ4n) is 2.86. The van der Waals surface area contributed by atoms with Crippen LogP contribution in [0.1, 0.15) is 19.3 Å². The molecule has 0 bridgehead atoms. The molecule has 0 aromatic heterocycles. The zero-order valence-corrected chi connectivity index (χ0v) is 14.3. The van der Waals surface area contributed by atoms with Crippen LogP contribution >= 0.6 is 0 Å². The molecule has 2 aliphatic rings. The number of carbonyl (C=O) groups excluding carboxylic acids is 2. The number of ether oxygens (including phenoxy) is 1. The van der Waals surface area contributed by atoms with Gasteiger partial charge in [0.2, 0.25) is 22.3 Å². The van der Waals surface area contributed by atoms with Crippen molar-refractivity contribution in [1.82, 2.24) is 14.1 Å². The number of rotatable bonds is 7. The summed E-state index contributed by atoms with van der Waals surface area (Å²) in [5, 5.41) is 0. The number of piperazine rings is 1. The fraction of sp³-hybridized carbons (Fsp3) is 0.857. The first-order valence-electron chi connectivity index (χ1n) is 7.94. The smallest absolute Gasteiger partial charge is 0.224 e. The lowest BCUT2D eigenvalue weighted by atomic mass is 10.2. The van der Waals surface area contributed by atoms with Crippen molar-refractivity contribution in [3.63, 3.8) is 0 Å². The second-order valence-electron chi connectivity index (χ2n) is 6.03. The average molecular weight is 347 g/mol. The molecule has 0 N–H and O–H groups in total. The molecule has 2 amide bonds. The topological polar surface area (TPSA) is 87.2 Å². The van der Waals surface area contributed by atoms with Gasteiger partial charge in [-0.3, -0.25) is 9.59 Å². The van der Waals surface area contributed by atoms with Crippen molar-refractivity contribution in [2.75, 3.05) is 52.1 Å². The Bertz CT molecular complexity index is 511. The average Bonchev–Trinajstić information content (AvgIpc) is 3.03. The molecular weight excluding hydrogens is 322 g/mol. The summed E-state index contributed by atoms with van der Waals surface area (Å²) in [6.07, 6.45) is 3.83. The number of amides is 2. The van der Waals surface area contributed by atoms with Crippen LogP contribution in [0.25, 0.3) is 0 Å². The zero-order chi connectivity index (χ0) is 16.9. The lowest BCUT2D eigenvalue weighted by molar-refractivity contribution is -0.135. The van der Waals surface area contributed by atoms with Gasteiger partial charge >= 0.3 is 0 Å². The van der Waals surface area contributed by atoms with Crippen molar-refractivity contribution in [1.29, 1.82) is 0 Å². The first kappa shape index (κ1) is 18.2. The van der Waals surface area contributed by atoms with Crippen LogP contribution in [0.3, 0.4) is 0 Å². The van der Waals surface area contributed by atoms with E-state index in [1.807, 2.05) is 0 Å². The fourth-order valence-corrected chi connectivity index (χ4v) is 3.72. The third-order valence-corrected chi connectivity index (χ3v) is 5.56. The van der Waals surface area contributed by atoms with Crippen molar-refractivity contribution in [3.05, 3.63) is 0 Å². The first-order valence-corrected chi connectivity index (χ1v) is 9.79. The summed E-state index contributed by atoms with van der Waals surface area (Å²) in [5.74, 6) is -0.0726. The van der Waals surface area contributed by atoms with Gasteiger partial charge in [0, 0.05) is 52.3 Å². The number of hydrogen-bond donors (Lipinski definition) is 0. The van der Waals surface area contributed by atoms with Crippen molar-refractivity contribution >= 4 is 22.3 Å². The van der Waals surface area contributed by atoms with Crippen LogP contribution in [0.4, 0.5) is 0 Å². The van der Waals surface area contributed by atoms with Crippen LogP contribution in [0.5, 0.6) is 0 Å². The second kappa shape index (κ2) is 8.07. The van der Waals surface area contributed by atoms with E-state index in [9.17, 15) is 18.0 Å². The second-order valence-corrected chi connectivity index (χ2v) is 8.01. The van der Waals surface area contributed by atoms with Crippen molar-refractivity contribution in [3.8, 4) is 0 Å². The van der Waals surface area contributed by atoms with Crippen LogP contribution in [0, 0.1) is 0 Å². The Hall–Kier alpha value is -1.19. The van der Waals surface area contributed by atoms with Crippen molar-refractivity contribution in [2.45, 2.75) is 25.4 Å². The normalized spacial score (nSPS) is 22.6. The summed E-state index contributed by atoms with van der Waals surface area (Å²) in [6.45, 7) is 3.21. The predicted molar refractivity (Wildman–Crippen MR) is 84.2 cm³/mol. The van der Waals surface area contributed by atoms with Gasteiger partial charge in [-0.2, -0.15) is 4.31 Å². The first-order chi connectivity index (χ1) is 10.9. The van der Waals surface area contributed by atoms with Gasteiger partial charge in [-0.25, -0.2) is 8.42 Å². The SMILES string of the molecule is CS(=O)(=O)N(CCC(=O)N1CCN(C=O)CC1)CC1CCCO1. The highest BCUT2D eigenvalue weighted by Crippen LogP contribution is 2.15. The molecule has 132 valence electrons. The molecule has 8 nitrogen and oxygen atoms in total. The molecule has 0 aromatic rings. The van der Waals surface area contributed by atoms with Crippen LogP contribution in [0.2, 0.25) is 0 Å². The minimum absolute atomic E-state index is 0.0726. The van der Waals surface area contributed by atoms with E-state index in [-0.39, 0.29) is 25.0 Å². The largest absolute Gasteiger partial charge is 0.377 e. The number of carbonyl (C=O) groups is 2. The minimum Gasteiger partial charge on any atom is -0.377 e. The van der Waals surface area contributed by atoms with E-state index in [0.29, 0.717) is 39.3 Å². The molecule has 0 spiro atoms. The van der Waals surface area contributed by atoms with Crippen LogP contribution in [-0.2, 0) is 24.3 Å². The van der Waals surface area contributed by atoms with Gasteiger partial charge in [0.25, 0.3) is 0 Å². The van der Waals surface area contributed by atoms with Crippen LogP contribution < -0.4 is 0 Å². The number of hydrogen-bond acceptors (Lipinski definition) is 5. The van der Waals surface area contributed by atoms with Gasteiger partial charge in [-0.05, 0) is 12.8 Å². The van der Waals surface area contributed by atoms with Gasteiger partial charge in [-0.15, -0.1) is 0 Å². The zero-order valence-electron chi connectivity index (χ0n) is 13.5. The van der Waals surface area contributed by atoms with Gasteiger partial charge in [0.05, 0.1) is 12.4 Å². The highest BCUT2D eigenvalue weighted by molar-refractivity contribution is 7.88. The minimum atomic E-state index is -3.36. The molecule has 2 heterocycles. The molecule has 0 radical (unpaired) electrons. The third-order valence-electron chi connectivity index (χ3n) is 4.29. The Kier molecular flexibility index (Phi) is 6.37. The van der Waals surface area contributed by atoms with E-state index >= 15 is 0 Å². The predicted octanol–water partition coefficient (Wildman–Crippen LogP) is -0.882.